The molecule has 0 saturated carbocycles. The Hall–Kier alpha value is -1.42. The smallest absolute Gasteiger partial charge is 0.371 e. The van der Waals surface area contributed by atoms with E-state index in [-0.39, 0.29) is 42.6 Å². The lowest BCUT2D eigenvalue weighted by Crippen LogP contribution is -2.59. The van der Waals surface area contributed by atoms with E-state index < -0.39 is 21.5 Å². The normalized spacial score (nSPS) is 26.0. The van der Waals surface area contributed by atoms with E-state index in [4.69, 9.17) is 19.0 Å². The number of hydrogen-bond acceptors (Lipinski definition) is 6. The molecule has 1 atom stereocenters. The Morgan fingerprint density at radius 1 is 1.35 bits per heavy atom. The molecule has 0 bridgehead atoms. The monoisotopic (exact) mass is 345 g/mol. The van der Waals surface area contributed by atoms with Crippen LogP contribution in [-0.2, 0) is 25.9 Å². The average molecular weight is 345 g/mol. The second kappa shape index (κ2) is 5.90. The number of aryl methyl sites for hydroxylation is 1. The van der Waals surface area contributed by atoms with Crippen LogP contribution in [0.2, 0.25) is 0 Å². The van der Waals surface area contributed by atoms with Crippen molar-refractivity contribution in [3.8, 4) is 0 Å². The first kappa shape index (κ1) is 16.4. The molecule has 2 saturated heterocycles. The fourth-order valence-corrected chi connectivity index (χ4v) is 5.09. The highest BCUT2D eigenvalue weighted by atomic mass is 32.2. The summed E-state index contributed by atoms with van der Waals surface area (Å²) in [4.78, 5) is 11.0. The van der Waals surface area contributed by atoms with Crippen LogP contribution in [0.5, 0.6) is 0 Å². The van der Waals surface area contributed by atoms with Crippen LogP contribution >= 0.6 is 0 Å². The minimum absolute atomic E-state index is 0.0782. The molecule has 0 aromatic carbocycles. The lowest BCUT2D eigenvalue weighted by atomic mass is 9.99. The molecule has 128 valence electrons. The summed E-state index contributed by atoms with van der Waals surface area (Å²) in [6.07, 6.45) is 0.840. The molecule has 0 amide bonds. The van der Waals surface area contributed by atoms with Crippen molar-refractivity contribution in [2.75, 3.05) is 33.0 Å². The predicted molar refractivity (Wildman–Crippen MR) is 77.9 cm³/mol. The van der Waals surface area contributed by atoms with E-state index >= 15 is 0 Å². The molecule has 9 heteroatoms. The number of carbonyl (C=O) groups is 1. The quantitative estimate of drug-likeness (QED) is 0.857. The van der Waals surface area contributed by atoms with Crippen LogP contribution in [-0.4, -0.2) is 62.3 Å². The molecule has 23 heavy (non-hydrogen) atoms. The molecule has 2 aliphatic rings. The summed E-state index contributed by atoms with van der Waals surface area (Å²) in [5.74, 6) is -1.50. The zero-order valence-corrected chi connectivity index (χ0v) is 13.6. The molecular weight excluding hydrogens is 326 g/mol. The number of aromatic carboxylic acids is 1. The van der Waals surface area contributed by atoms with Crippen molar-refractivity contribution in [1.29, 1.82) is 0 Å². The molecule has 0 radical (unpaired) electrons. The number of furan rings is 1. The summed E-state index contributed by atoms with van der Waals surface area (Å²) in [7, 11) is -3.89. The first-order chi connectivity index (χ1) is 10.9. The van der Waals surface area contributed by atoms with Gasteiger partial charge in [0.1, 0.15) is 10.7 Å². The number of carboxylic acids is 1. The topological polar surface area (TPSA) is 106 Å². The number of hydrogen-bond donors (Lipinski definition) is 1. The molecule has 8 nitrogen and oxygen atoms in total. The Labute approximate surface area is 134 Å². The summed E-state index contributed by atoms with van der Waals surface area (Å²) in [5.41, 5.74) is -0.719. The van der Waals surface area contributed by atoms with Gasteiger partial charge >= 0.3 is 5.97 Å². The zero-order chi connectivity index (χ0) is 16.7. The van der Waals surface area contributed by atoms with Gasteiger partial charge in [-0.05, 0) is 6.42 Å². The van der Waals surface area contributed by atoms with Crippen molar-refractivity contribution < 1.29 is 32.2 Å². The Morgan fingerprint density at radius 3 is 2.61 bits per heavy atom. The van der Waals surface area contributed by atoms with Crippen LogP contribution < -0.4 is 0 Å². The summed E-state index contributed by atoms with van der Waals surface area (Å²) in [5, 5.41) is 9.06. The second-order valence-electron chi connectivity index (χ2n) is 5.71. The number of carboxylic acid groups (broad SMARTS) is 1. The van der Waals surface area contributed by atoms with E-state index in [0.29, 0.717) is 19.6 Å². The van der Waals surface area contributed by atoms with Crippen molar-refractivity contribution in [1.82, 2.24) is 4.31 Å². The first-order valence-electron chi connectivity index (χ1n) is 7.45. The van der Waals surface area contributed by atoms with E-state index in [2.05, 4.69) is 0 Å². The molecule has 3 heterocycles. The maximum absolute atomic E-state index is 13.1. The average Bonchev–Trinajstić information content (AvgIpc) is 3.15. The predicted octanol–water partition coefficient (Wildman–Crippen LogP) is 0.720. The van der Waals surface area contributed by atoms with Gasteiger partial charge in [-0.25, -0.2) is 13.2 Å². The van der Waals surface area contributed by atoms with Gasteiger partial charge in [0, 0.05) is 25.6 Å². The van der Waals surface area contributed by atoms with Crippen LogP contribution in [0.3, 0.4) is 0 Å². The third-order valence-corrected chi connectivity index (χ3v) is 6.34. The molecule has 1 aromatic rings. The van der Waals surface area contributed by atoms with Crippen molar-refractivity contribution in [2.24, 2.45) is 0 Å². The van der Waals surface area contributed by atoms with Crippen LogP contribution in [0, 0.1) is 0 Å². The Balaban J connectivity index is 2.05. The second-order valence-corrected chi connectivity index (χ2v) is 7.54. The van der Waals surface area contributed by atoms with Gasteiger partial charge in [0.05, 0.1) is 25.4 Å². The Kier molecular flexibility index (Phi) is 4.21. The van der Waals surface area contributed by atoms with Gasteiger partial charge in [0.25, 0.3) is 0 Å². The Morgan fingerprint density at radius 2 is 2.04 bits per heavy atom. The van der Waals surface area contributed by atoms with E-state index in [1.165, 1.54) is 4.31 Å². The van der Waals surface area contributed by atoms with Gasteiger partial charge in [0.2, 0.25) is 15.8 Å². The molecular formula is C14H19NO7S. The molecule has 2 aliphatic heterocycles. The standard InChI is InChI=1S/C14H19NO7S/c1-2-10-12(7-11(22-10)13(16)17)23(18,19)15-4-6-21-9-14(15)3-5-20-8-14/h7H,2-6,8-9H2,1H3,(H,16,17). The van der Waals surface area contributed by atoms with E-state index in [9.17, 15) is 13.2 Å². The third-order valence-electron chi connectivity index (χ3n) is 4.29. The minimum Gasteiger partial charge on any atom is -0.475 e. The fourth-order valence-electron chi connectivity index (χ4n) is 3.10. The van der Waals surface area contributed by atoms with E-state index in [0.717, 1.165) is 6.07 Å². The molecule has 1 spiro atoms. The molecule has 2 fully saturated rings. The molecule has 0 aliphatic carbocycles. The van der Waals surface area contributed by atoms with Crippen LogP contribution in [0.4, 0.5) is 0 Å². The molecule has 1 unspecified atom stereocenters. The van der Waals surface area contributed by atoms with Crippen molar-refractivity contribution >= 4 is 16.0 Å². The largest absolute Gasteiger partial charge is 0.475 e. The highest BCUT2D eigenvalue weighted by Gasteiger charge is 2.50. The lowest BCUT2D eigenvalue weighted by molar-refractivity contribution is -0.0293. The number of ether oxygens (including phenoxy) is 2. The third kappa shape index (κ3) is 2.67. The highest BCUT2D eigenvalue weighted by Crippen LogP contribution is 2.36. The number of nitrogens with zero attached hydrogens (tertiary/aromatic N) is 1. The Bertz CT molecular complexity index is 703. The summed E-state index contributed by atoms with van der Waals surface area (Å²) < 4.78 is 43.7. The van der Waals surface area contributed by atoms with Crippen LogP contribution in [0.25, 0.3) is 0 Å². The number of morpholine rings is 1. The van der Waals surface area contributed by atoms with Gasteiger partial charge in [-0.15, -0.1) is 0 Å². The zero-order valence-electron chi connectivity index (χ0n) is 12.8. The lowest BCUT2D eigenvalue weighted by Gasteiger charge is -2.42. The maximum Gasteiger partial charge on any atom is 0.371 e. The summed E-state index contributed by atoms with van der Waals surface area (Å²) in [6, 6.07) is 1.09. The van der Waals surface area contributed by atoms with Crippen molar-refractivity contribution in [3.05, 3.63) is 17.6 Å². The van der Waals surface area contributed by atoms with Gasteiger partial charge in [-0.1, -0.05) is 6.92 Å². The van der Waals surface area contributed by atoms with E-state index in [1.54, 1.807) is 6.92 Å². The maximum atomic E-state index is 13.1. The van der Waals surface area contributed by atoms with Gasteiger partial charge < -0.3 is 19.0 Å². The minimum atomic E-state index is -3.89. The van der Waals surface area contributed by atoms with Gasteiger partial charge in [0.15, 0.2) is 0 Å². The number of rotatable bonds is 4. The number of sulfonamides is 1. The van der Waals surface area contributed by atoms with Crippen LogP contribution in [0.1, 0.15) is 29.7 Å². The van der Waals surface area contributed by atoms with Gasteiger partial charge in [-0.3, -0.25) is 0 Å². The van der Waals surface area contributed by atoms with Gasteiger partial charge in [-0.2, -0.15) is 4.31 Å². The molecule has 1 aromatic heterocycles. The van der Waals surface area contributed by atoms with Crippen LogP contribution in [0.15, 0.2) is 15.4 Å². The van der Waals surface area contributed by atoms with E-state index in [1.807, 2.05) is 0 Å². The summed E-state index contributed by atoms with van der Waals surface area (Å²) >= 11 is 0. The molecule has 3 rings (SSSR count). The van der Waals surface area contributed by atoms with Crippen molar-refractivity contribution in [2.45, 2.75) is 30.2 Å². The summed E-state index contributed by atoms with van der Waals surface area (Å²) in [6.45, 7) is 3.25. The van der Waals surface area contributed by atoms with Crippen molar-refractivity contribution in [3.63, 3.8) is 0 Å². The highest BCUT2D eigenvalue weighted by molar-refractivity contribution is 7.89. The molecule has 1 N–H and O–H groups in total. The fraction of sp³-hybridized carbons (Fsp3) is 0.643. The SMILES string of the molecule is CCc1oc(C(=O)O)cc1S(=O)(=O)N1CCOCC12CCOC2. The first-order valence-corrected chi connectivity index (χ1v) is 8.89.